The van der Waals surface area contributed by atoms with Crippen molar-refractivity contribution in [2.45, 2.75) is 38.3 Å². The first-order chi connectivity index (χ1) is 15.3. The summed E-state index contributed by atoms with van der Waals surface area (Å²) in [6.07, 6.45) is 7.55. The summed E-state index contributed by atoms with van der Waals surface area (Å²) in [4.78, 5) is 17.5. The second kappa shape index (κ2) is 10.3. The Hall–Kier alpha value is -3.12. The quantitative estimate of drug-likeness (QED) is 0.530. The Bertz CT molecular complexity index is 1020. The molecule has 1 atom stereocenters. The van der Waals surface area contributed by atoms with Crippen LogP contribution in [-0.4, -0.2) is 41.3 Å². The fourth-order valence-corrected chi connectivity index (χ4v) is 4.01. The summed E-state index contributed by atoms with van der Waals surface area (Å²) in [6.45, 7) is 6.10. The van der Waals surface area contributed by atoms with E-state index in [4.69, 9.17) is 9.47 Å². The molecule has 0 spiro atoms. The van der Waals surface area contributed by atoms with Crippen LogP contribution in [0.2, 0.25) is 0 Å². The van der Waals surface area contributed by atoms with Crippen molar-refractivity contribution >= 4 is 16.8 Å². The van der Waals surface area contributed by atoms with Gasteiger partial charge < -0.3 is 19.4 Å². The van der Waals surface area contributed by atoms with Gasteiger partial charge in [-0.3, -0.25) is 9.78 Å². The standard InChI is InChI=1S/C25H29N3O3/c1-2-15-31-24-11-7-10-22-21(24)17-23(28(22)18-20-9-4-6-16-30-20)25(29)27-14-12-19-8-3-5-13-26-19/h2-3,5,7-8,10-11,13,17,20H,1,4,6,9,12,14-16,18H2,(H,27,29). The Morgan fingerprint density at radius 2 is 2.23 bits per heavy atom. The molecule has 6 nitrogen and oxygen atoms in total. The van der Waals surface area contributed by atoms with E-state index in [-0.39, 0.29) is 12.0 Å². The van der Waals surface area contributed by atoms with E-state index in [1.165, 1.54) is 0 Å². The number of amides is 1. The average Bonchev–Trinajstić information content (AvgIpc) is 3.18. The van der Waals surface area contributed by atoms with Crippen LogP contribution in [0.1, 0.15) is 35.4 Å². The van der Waals surface area contributed by atoms with Crippen LogP contribution in [0.25, 0.3) is 10.9 Å². The third kappa shape index (κ3) is 5.14. The Kier molecular flexibility index (Phi) is 6.99. The van der Waals surface area contributed by atoms with E-state index in [2.05, 4.69) is 21.4 Å². The van der Waals surface area contributed by atoms with Gasteiger partial charge in [-0.2, -0.15) is 0 Å². The van der Waals surface area contributed by atoms with Crippen molar-refractivity contribution in [3.63, 3.8) is 0 Å². The van der Waals surface area contributed by atoms with E-state index in [1.807, 2.05) is 42.5 Å². The summed E-state index contributed by atoms with van der Waals surface area (Å²) >= 11 is 0. The van der Waals surface area contributed by atoms with E-state index < -0.39 is 0 Å². The number of nitrogens with zero attached hydrogens (tertiary/aromatic N) is 2. The van der Waals surface area contributed by atoms with Crippen LogP contribution in [0.4, 0.5) is 0 Å². The van der Waals surface area contributed by atoms with Crippen molar-refractivity contribution in [3.8, 4) is 5.75 Å². The molecule has 3 aromatic rings. The number of aromatic nitrogens is 2. The highest BCUT2D eigenvalue weighted by Gasteiger charge is 2.22. The van der Waals surface area contributed by atoms with Gasteiger partial charge in [0.15, 0.2) is 0 Å². The van der Waals surface area contributed by atoms with Gasteiger partial charge in [0, 0.05) is 43.4 Å². The predicted molar refractivity (Wildman–Crippen MR) is 121 cm³/mol. The lowest BCUT2D eigenvalue weighted by atomic mass is 10.1. The monoisotopic (exact) mass is 419 g/mol. The molecule has 1 aliphatic rings. The molecule has 1 fully saturated rings. The highest BCUT2D eigenvalue weighted by molar-refractivity contribution is 6.00. The topological polar surface area (TPSA) is 65.4 Å². The molecule has 4 rings (SSSR count). The molecule has 162 valence electrons. The van der Waals surface area contributed by atoms with E-state index in [0.717, 1.165) is 48.2 Å². The molecule has 0 bridgehead atoms. The molecular formula is C25H29N3O3. The fraction of sp³-hybridized carbons (Fsp3) is 0.360. The number of nitrogens with one attached hydrogen (secondary N) is 1. The number of benzene rings is 1. The molecule has 0 radical (unpaired) electrons. The molecule has 6 heteroatoms. The van der Waals surface area contributed by atoms with Gasteiger partial charge in [-0.25, -0.2) is 0 Å². The number of carbonyl (C=O) groups is 1. The molecule has 0 aliphatic carbocycles. The maximum absolute atomic E-state index is 13.1. The van der Waals surface area contributed by atoms with Crippen LogP contribution in [0.15, 0.2) is 61.3 Å². The number of hydrogen-bond acceptors (Lipinski definition) is 4. The zero-order valence-electron chi connectivity index (χ0n) is 17.8. The number of hydrogen-bond donors (Lipinski definition) is 1. The second-order valence-corrected chi connectivity index (χ2v) is 7.74. The number of rotatable bonds is 9. The molecule has 1 amide bonds. The van der Waals surface area contributed by atoms with Crippen LogP contribution >= 0.6 is 0 Å². The van der Waals surface area contributed by atoms with Crippen LogP contribution in [-0.2, 0) is 17.7 Å². The first kappa shape index (κ1) is 21.1. The molecule has 2 aromatic heterocycles. The van der Waals surface area contributed by atoms with Gasteiger partial charge in [0.05, 0.1) is 11.6 Å². The van der Waals surface area contributed by atoms with E-state index in [0.29, 0.717) is 31.8 Å². The summed E-state index contributed by atoms with van der Waals surface area (Å²) in [5.74, 6) is 0.654. The lowest BCUT2D eigenvalue weighted by Crippen LogP contribution is -2.31. The van der Waals surface area contributed by atoms with Gasteiger partial charge in [0.2, 0.25) is 0 Å². The van der Waals surface area contributed by atoms with Gasteiger partial charge in [0.25, 0.3) is 5.91 Å². The Balaban J connectivity index is 1.58. The zero-order chi connectivity index (χ0) is 21.5. The molecule has 1 aliphatic heterocycles. The summed E-state index contributed by atoms with van der Waals surface area (Å²) in [7, 11) is 0. The van der Waals surface area contributed by atoms with Gasteiger partial charge in [-0.1, -0.05) is 24.8 Å². The van der Waals surface area contributed by atoms with Crippen LogP contribution < -0.4 is 10.1 Å². The molecule has 1 unspecified atom stereocenters. The van der Waals surface area contributed by atoms with Gasteiger partial charge >= 0.3 is 0 Å². The van der Waals surface area contributed by atoms with Crippen molar-refractivity contribution in [3.05, 3.63) is 72.7 Å². The van der Waals surface area contributed by atoms with E-state index in [1.54, 1.807) is 12.3 Å². The maximum Gasteiger partial charge on any atom is 0.267 e. The number of fused-ring (bicyclic) bond motifs is 1. The van der Waals surface area contributed by atoms with Crippen molar-refractivity contribution in [2.24, 2.45) is 0 Å². The van der Waals surface area contributed by atoms with Gasteiger partial charge in [-0.15, -0.1) is 0 Å². The second-order valence-electron chi connectivity index (χ2n) is 7.74. The largest absolute Gasteiger partial charge is 0.489 e. The summed E-state index contributed by atoms with van der Waals surface area (Å²) < 4.78 is 13.9. The van der Waals surface area contributed by atoms with Crippen molar-refractivity contribution in [2.75, 3.05) is 19.8 Å². The van der Waals surface area contributed by atoms with E-state index in [9.17, 15) is 4.79 Å². The smallest absolute Gasteiger partial charge is 0.267 e. The average molecular weight is 420 g/mol. The Morgan fingerprint density at radius 3 is 3.00 bits per heavy atom. The summed E-state index contributed by atoms with van der Waals surface area (Å²) in [5, 5.41) is 3.98. The SMILES string of the molecule is C=CCOc1cccc2c1cc(C(=O)NCCc1ccccn1)n2CC1CCCCO1. The van der Waals surface area contributed by atoms with Crippen molar-refractivity contribution in [1.82, 2.24) is 14.9 Å². The lowest BCUT2D eigenvalue weighted by molar-refractivity contribution is 0.00637. The lowest BCUT2D eigenvalue weighted by Gasteiger charge is -2.24. The third-order valence-corrected chi connectivity index (χ3v) is 5.55. The first-order valence-electron chi connectivity index (χ1n) is 10.9. The highest BCUT2D eigenvalue weighted by atomic mass is 16.5. The normalized spacial score (nSPS) is 16.2. The molecule has 1 aromatic carbocycles. The minimum absolute atomic E-state index is 0.0994. The molecule has 1 saturated heterocycles. The maximum atomic E-state index is 13.1. The van der Waals surface area contributed by atoms with Crippen LogP contribution in [0, 0.1) is 0 Å². The molecular weight excluding hydrogens is 390 g/mol. The third-order valence-electron chi connectivity index (χ3n) is 5.55. The highest BCUT2D eigenvalue weighted by Crippen LogP contribution is 2.30. The Morgan fingerprint density at radius 1 is 1.29 bits per heavy atom. The Labute approximate surface area is 182 Å². The van der Waals surface area contributed by atoms with Crippen LogP contribution in [0.3, 0.4) is 0 Å². The summed E-state index contributed by atoms with van der Waals surface area (Å²) in [5.41, 5.74) is 2.56. The van der Waals surface area contributed by atoms with Crippen molar-refractivity contribution in [1.29, 1.82) is 0 Å². The van der Waals surface area contributed by atoms with Gasteiger partial charge in [-0.05, 0) is 49.6 Å². The van der Waals surface area contributed by atoms with E-state index >= 15 is 0 Å². The summed E-state index contributed by atoms with van der Waals surface area (Å²) in [6, 6.07) is 13.7. The number of carbonyl (C=O) groups excluding carboxylic acids is 1. The van der Waals surface area contributed by atoms with Crippen LogP contribution in [0.5, 0.6) is 5.75 Å². The number of pyridine rings is 1. The minimum Gasteiger partial charge on any atom is -0.489 e. The van der Waals surface area contributed by atoms with Crippen molar-refractivity contribution < 1.29 is 14.3 Å². The molecule has 31 heavy (non-hydrogen) atoms. The molecule has 3 heterocycles. The number of ether oxygens (including phenoxy) is 2. The molecule has 1 N–H and O–H groups in total. The fourth-order valence-electron chi connectivity index (χ4n) is 4.01. The van der Waals surface area contributed by atoms with Gasteiger partial charge in [0.1, 0.15) is 18.1 Å². The predicted octanol–water partition coefficient (Wildman–Crippen LogP) is 4.14. The first-order valence-corrected chi connectivity index (χ1v) is 10.9. The zero-order valence-corrected chi connectivity index (χ0v) is 17.8. The molecule has 0 saturated carbocycles. The minimum atomic E-state index is -0.0994.